The Morgan fingerprint density at radius 2 is 1.67 bits per heavy atom. The van der Waals surface area contributed by atoms with Crippen LogP contribution >= 0.6 is 0 Å². The van der Waals surface area contributed by atoms with Gasteiger partial charge in [-0.15, -0.1) is 5.10 Å². The van der Waals surface area contributed by atoms with E-state index < -0.39 is 0 Å². The Morgan fingerprint density at radius 3 is 2.44 bits per heavy atom. The number of aromatic nitrogens is 3. The molecule has 1 heterocycles. The summed E-state index contributed by atoms with van der Waals surface area (Å²) in [6.07, 6.45) is 0. The number of rotatable bonds is 3. The highest BCUT2D eigenvalue weighted by atomic mass is 15.4. The molecule has 0 aliphatic carbocycles. The summed E-state index contributed by atoms with van der Waals surface area (Å²) in [5.41, 5.74) is 9.90. The molecule has 1 aromatic heterocycles. The molecule has 3 aromatic rings. The maximum Gasteiger partial charge on any atom is 0.113 e. The second-order valence-corrected chi connectivity index (χ2v) is 4.26. The average molecular weight is 238 g/mol. The predicted molar refractivity (Wildman–Crippen MR) is 71.0 cm³/mol. The number of nitrogens with zero attached hydrogens (tertiary/aromatic N) is 3. The van der Waals surface area contributed by atoms with Crippen molar-refractivity contribution in [3.8, 4) is 0 Å². The van der Waals surface area contributed by atoms with Gasteiger partial charge >= 0.3 is 0 Å². The Labute approximate surface area is 105 Å². The number of para-hydroxylation sites is 1. The number of fused-ring (bicyclic) bond motifs is 1. The summed E-state index contributed by atoms with van der Waals surface area (Å²) < 4.78 is 1.91. The minimum Gasteiger partial charge on any atom is -0.326 e. The maximum atomic E-state index is 5.58. The third kappa shape index (κ3) is 1.98. The van der Waals surface area contributed by atoms with E-state index in [0.717, 1.165) is 23.1 Å². The van der Waals surface area contributed by atoms with Crippen LogP contribution in [0.25, 0.3) is 11.0 Å². The minimum atomic E-state index is 0.576. The van der Waals surface area contributed by atoms with Gasteiger partial charge in [0.05, 0.1) is 12.1 Å². The zero-order valence-electron chi connectivity index (χ0n) is 9.95. The van der Waals surface area contributed by atoms with Crippen molar-refractivity contribution in [2.75, 3.05) is 0 Å². The standard InChI is InChI=1S/C14H14N4/c15-9-11-5-7-12(8-6-11)10-18-14-4-2-1-3-13(14)16-17-18/h1-8H,9-10,15H2. The van der Waals surface area contributed by atoms with Crippen molar-refractivity contribution in [3.63, 3.8) is 0 Å². The van der Waals surface area contributed by atoms with Crippen molar-refractivity contribution in [1.82, 2.24) is 15.0 Å². The second kappa shape index (κ2) is 4.58. The monoisotopic (exact) mass is 238 g/mol. The van der Waals surface area contributed by atoms with E-state index in [4.69, 9.17) is 5.73 Å². The van der Waals surface area contributed by atoms with Crippen molar-refractivity contribution >= 4 is 11.0 Å². The zero-order chi connectivity index (χ0) is 12.4. The van der Waals surface area contributed by atoms with Crippen molar-refractivity contribution in [2.45, 2.75) is 13.1 Å². The molecule has 2 N–H and O–H groups in total. The lowest BCUT2D eigenvalue weighted by atomic mass is 10.1. The Morgan fingerprint density at radius 1 is 0.944 bits per heavy atom. The van der Waals surface area contributed by atoms with Gasteiger partial charge in [-0.25, -0.2) is 4.68 Å². The quantitative estimate of drug-likeness (QED) is 0.758. The molecule has 0 spiro atoms. The molecule has 3 rings (SSSR count). The van der Waals surface area contributed by atoms with E-state index in [2.05, 4.69) is 34.6 Å². The van der Waals surface area contributed by atoms with E-state index in [1.807, 2.05) is 28.9 Å². The highest BCUT2D eigenvalue weighted by Gasteiger charge is 2.03. The van der Waals surface area contributed by atoms with Gasteiger partial charge in [0.1, 0.15) is 5.52 Å². The Bertz CT molecular complexity index is 655. The molecule has 18 heavy (non-hydrogen) atoms. The highest BCUT2D eigenvalue weighted by Crippen LogP contribution is 2.12. The normalized spacial score (nSPS) is 10.9. The fraction of sp³-hybridized carbons (Fsp3) is 0.143. The third-order valence-corrected chi connectivity index (χ3v) is 3.01. The summed E-state index contributed by atoms with van der Waals surface area (Å²) in [6.45, 7) is 1.30. The van der Waals surface area contributed by atoms with Gasteiger partial charge in [-0.1, -0.05) is 41.6 Å². The van der Waals surface area contributed by atoms with Crippen molar-refractivity contribution < 1.29 is 0 Å². The van der Waals surface area contributed by atoms with Crippen LogP contribution in [-0.2, 0) is 13.1 Å². The summed E-state index contributed by atoms with van der Waals surface area (Å²) in [5.74, 6) is 0. The summed E-state index contributed by atoms with van der Waals surface area (Å²) in [4.78, 5) is 0. The van der Waals surface area contributed by atoms with Crippen LogP contribution in [0.3, 0.4) is 0 Å². The van der Waals surface area contributed by atoms with Crippen molar-refractivity contribution in [3.05, 3.63) is 59.7 Å². The van der Waals surface area contributed by atoms with E-state index in [1.54, 1.807) is 0 Å². The Kier molecular flexibility index (Phi) is 2.78. The fourth-order valence-electron chi connectivity index (χ4n) is 1.99. The maximum absolute atomic E-state index is 5.58. The van der Waals surface area contributed by atoms with Gasteiger partial charge in [-0.05, 0) is 23.3 Å². The molecule has 0 saturated heterocycles. The molecular formula is C14H14N4. The van der Waals surface area contributed by atoms with Gasteiger partial charge < -0.3 is 5.73 Å². The molecule has 4 heteroatoms. The van der Waals surface area contributed by atoms with Gasteiger partial charge in [-0.3, -0.25) is 0 Å². The van der Waals surface area contributed by atoms with Crippen molar-refractivity contribution in [2.24, 2.45) is 5.73 Å². The second-order valence-electron chi connectivity index (χ2n) is 4.26. The molecule has 0 amide bonds. The molecule has 0 unspecified atom stereocenters. The van der Waals surface area contributed by atoms with Crippen LogP contribution in [-0.4, -0.2) is 15.0 Å². The van der Waals surface area contributed by atoms with Gasteiger partial charge in [0.25, 0.3) is 0 Å². The van der Waals surface area contributed by atoms with Crippen LogP contribution in [0.4, 0.5) is 0 Å². The lowest BCUT2D eigenvalue weighted by Gasteiger charge is -2.03. The highest BCUT2D eigenvalue weighted by molar-refractivity contribution is 5.73. The lowest BCUT2D eigenvalue weighted by Crippen LogP contribution is -2.02. The minimum absolute atomic E-state index is 0.576. The molecule has 0 saturated carbocycles. The molecule has 0 bridgehead atoms. The molecule has 0 radical (unpaired) electrons. The van der Waals surface area contributed by atoms with E-state index >= 15 is 0 Å². The van der Waals surface area contributed by atoms with Gasteiger partial charge in [0.15, 0.2) is 0 Å². The number of hydrogen-bond donors (Lipinski definition) is 1. The molecule has 0 aliphatic rings. The van der Waals surface area contributed by atoms with Crippen LogP contribution in [0.2, 0.25) is 0 Å². The number of hydrogen-bond acceptors (Lipinski definition) is 3. The number of benzene rings is 2. The summed E-state index contributed by atoms with van der Waals surface area (Å²) in [6, 6.07) is 16.2. The van der Waals surface area contributed by atoms with Crippen molar-refractivity contribution in [1.29, 1.82) is 0 Å². The molecule has 2 aromatic carbocycles. The summed E-state index contributed by atoms with van der Waals surface area (Å²) in [7, 11) is 0. The van der Waals surface area contributed by atoms with Gasteiger partial charge in [-0.2, -0.15) is 0 Å². The predicted octanol–water partition coefficient (Wildman–Crippen LogP) is 1.94. The first kappa shape index (κ1) is 10.9. The van der Waals surface area contributed by atoms with Crippen LogP contribution in [0.1, 0.15) is 11.1 Å². The lowest BCUT2D eigenvalue weighted by molar-refractivity contribution is 0.669. The molecule has 0 fully saturated rings. The Hall–Kier alpha value is -2.20. The van der Waals surface area contributed by atoms with Crippen LogP contribution in [0.5, 0.6) is 0 Å². The largest absolute Gasteiger partial charge is 0.326 e. The molecular weight excluding hydrogens is 224 g/mol. The fourth-order valence-corrected chi connectivity index (χ4v) is 1.99. The first-order valence-electron chi connectivity index (χ1n) is 5.93. The molecule has 0 atom stereocenters. The zero-order valence-corrected chi connectivity index (χ0v) is 9.95. The van der Waals surface area contributed by atoms with Gasteiger partial charge in [0, 0.05) is 6.54 Å². The van der Waals surface area contributed by atoms with E-state index in [9.17, 15) is 0 Å². The number of nitrogens with two attached hydrogens (primary N) is 1. The third-order valence-electron chi connectivity index (χ3n) is 3.01. The average Bonchev–Trinajstić information content (AvgIpc) is 2.83. The topological polar surface area (TPSA) is 56.7 Å². The summed E-state index contributed by atoms with van der Waals surface area (Å²) in [5, 5.41) is 8.32. The van der Waals surface area contributed by atoms with Crippen LogP contribution in [0, 0.1) is 0 Å². The summed E-state index contributed by atoms with van der Waals surface area (Å²) >= 11 is 0. The first-order valence-corrected chi connectivity index (χ1v) is 5.93. The Balaban J connectivity index is 1.91. The first-order chi connectivity index (χ1) is 8.86. The SMILES string of the molecule is NCc1ccc(Cn2nnc3ccccc32)cc1. The molecule has 4 nitrogen and oxygen atoms in total. The van der Waals surface area contributed by atoms with E-state index in [0.29, 0.717) is 6.54 Å². The smallest absolute Gasteiger partial charge is 0.113 e. The van der Waals surface area contributed by atoms with Crippen LogP contribution < -0.4 is 5.73 Å². The van der Waals surface area contributed by atoms with E-state index in [-0.39, 0.29) is 0 Å². The molecule has 90 valence electrons. The van der Waals surface area contributed by atoms with Crippen LogP contribution in [0.15, 0.2) is 48.5 Å². The van der Waals surface area contributed by atoms with Gasteiger partial charge in [0.2, 0.25) is 0 Å². The molecule has 0 aliphatic heterocycles. The van der Waals surface area contributed by atoms with E-state index in [1.165, 1.54) is 5.56 Å².